The van der Waals surface area contributed by atoms with Gasteiger partial charge in [-0.1, -0.05) is 6.92 Å². The number of nitrogens with zero attached hydrogens (tertiary/aromatic N) is 1. The number of aryl methyl sites for hydroxylation is 1. The van der Waals surface area contributed by atoms with Gasteiger partial charge in [0.1, 0.15) is 5.82 Å². The van der Waals surface area contributed by atoms with Gasteiger partial charge in [0.05, 0.1) is 5.56 Å². The van der Waals surface area contributed by atoms with Gasteiger partial charge >= 0.3 is 0 Å². The molecule has 0 aromatic carbocycles. The van der Waals surface area contributed by atoms with Crippen molar-refractivity contribution in [2.45, 2.75) is 20.3 Å². The molecule has 0 aliphatic rings. The lowest BCUT2D eigenvalue weighted by Gasteiger charge is -2.10. The predicted octanol–water partition coefficient (Wildman–Crippen LogP) is 1.17. The largest absolute Gasteiger partial charge is 0.370 e. The number of aromatic nitrogens is 1. The van der Waals surface area contributed by atoms with Gasteiger partial charge in [0.15, 0.2) is 0 Å². The van der Waals surface area contributed by atoms with Gasteiger partial charge in [-0.2, -0.15) is 0 Å². The number of hydrogen-bond acceptors (Lipinski definition) is 3. The third-order valence-electron chi connectivity index (χ3n) is 2.01. The number of carbonyl (C=O) groups excluding carboxylic acids is 1. The van der Waals surface area contributed by atoms with Gasteiger partial charge in [-0.25, -0.2) is 4.98 Å². The van der Waals surface area contributed by atoms with Crippen molar-refractivity contribution in [1.82, 2.24) is 4.98 Å². The van der Waals surface area contributed by atoms with Crippen molar-refractivity contribution in [1.29, 1.82) is 0 Å². The summed E-state index contributed by atoms with van der Waals surface area (Å²) in [6, 6.07) is 1.82. The van der Waals surface area contributed by atoms with Crippen LogP contribution in [0.1, 0.15) is 29.8 Å². The Hall–Kier alpha value is -1.58. The van der Waals surface area contributed by atoms with Gasteiger partial charge in [-0.05, 0) is 25.0 Å². The van der Waals surface area contributed by atoms with Crippen LogP contribution in [0.5, 0.6) is 0 Å². The zero-order valence-electron chi connectivity index (χ0n) is 8.50. The van der Waals surface area contributed by atoms with Crippen LogP contribution in [-0.2, 0) is 6.42 Å². The van der Waals surface area contributed by atoms with Crippen molar-refractivity contribution in [3.8, 4) is 0 Å². The van der Waals surface area contributed by atoms with Crippen LogP contribution in [0.15, 0.2) is 12.3 Å². The van der Waals surface area contributed by atoms with Crippen LogP contribution < -0.4 is 11.1 Å². The summed E-state index contributed by atoms with van der Waals surface area (Å²) < 4.78 is 0. The second kappa shape index (κ2) is 4.60. The van der Waals surface area contributed by atoms with E-state index in [4.69, 9.17) is 5.73 Å². The molecule has 76 valence electrons. The fourth-order valence-electron chi connectivity index (χ4n) is 1.37. The molecule has 0 saturated carbocycles. The van der Waals surface area contributed by atoms with Crippen LogP contribution in [0.4, 0.5) is 5.82 Å². The number of anilines is 1. The predicted molar refractivity (Wildman–Crippen MR) is 56.3 cm³/mol. The van der Waals surface area contributed by atoms with Crippen molar-refractivity contribution in [3.05, 3.63) is 23.4 Å². The van der Waals surface area contributed by atoms with Crippen molar-refractivity contribution in [3.63, 3.8) is 0 Å². The van der Waals surface area contributed by atoms with E-state index in [1.807, 2.05) is 19.9 Å². The summed E-state index contributed by atoms with van der Waals surface area (Å²) in [5, 5.41) is 3.02. The molecule has 1 aromatic rings. The summed E-state index contributed by atoms with van der Waals surface area (Å²) in [4.78, 5) is 15.3. The molecule has 0 atom stereocenters. The normalized spacial score (nSPS) is 9.86. The lowest BCUT2D eigenvalue weighted by atomic mass is 10.1. The van der Waals surface area contributed by atoms with E-state index in [9.17, 15) is 4.79 Å². The average Bonchev–Trinajstić information content (AvgIpc) is 2.17. The third kappa shape index (κ3) is 2.02. The van der Waals surface area contributed by atoms with Gasteiger partial charge in [0.25, 0.3) is 5.91 Å². The molecule has 1 aromatic heterocycles. The average molecular weight is 193 g/mol. The summed E-state index contributed by atoms with van der Waals surface area (Å²) >= 11 is 0. The van der Waals surface area contributed by atoms with Crippen LogP contribution in [0.25, 0.3) is 0 Å². The molecule has 1 rings (SSSR count). The number of primary amides is 1. The molecular weight excluding hydrogens is 178 g/mol. The molecule has 0 spiro atoms. The molecule has 4 heteroatoms. The maximum absolute atomic E-state index is 11.2. The SMILES string of the molecule is CCNc1nccc(CC)c1C(N)=O. The van der Waals surface area contributed by atoms with Gasteiger partial charge in [0.2, 0.25) is 0 Å². The first-order chi connectivity index (χ1) is 6.70. The third-order valence-corrected chi connectivity index (χ3v) is 2.01. The summed E-state index contributed by atoms with van der Waals surface area (Å²) in [6.45, 7) is 4.66. The summed E-state index contributed by atoms with van der Waals surface area (Å²) in [5.41, 5.74) is 6.75. The van der Waals surface area contributed by atoms with Gasteiger partial charge in [0, 0.05) is 12.7 Å². The number of rotatable bonds is 4. The van der Waals surface area contributed by atoms with Crippen molar-refractivity contribution in [2.24, 2.45) is 5.73 Å². The lowest BCUT2D eigenvalue weighted by Crippen LogP contribution is -2.17. The van der Waals surface area contributed by atoms with E-state index in [-0.39, 0.29) is 0 Å². The maximum Gasteiger partial charge on any atom is 0.252 e. The van der Waals surface area contributed by atoms with Crippen LogP contribution in [-0.4, -0.2) is 17.4 Å². The second-order valence-electron chi connectivity index (χ2n) is 2.94. The van der Waals surface area contributed by atoms with Crippen LogP contribution in [0.3, 0.4) is 0 Å². The molecule has 0 unspecified atom stereocenters. The first-order valence-electron chi connectivity index (χ1n) is 4.72. The van der Waals surface area contributed by atoms with Crippen LogP contribution in [0.2, 0.25) is 0 Å². The van der Waals surface area contributed by atoms with Crippen LogP contribution in [0, 0.1) is 0 Å². The lowest BCUT2D eigenvalue weighted by molar-refractivity contribution is 0.1000. The number of carbonyl (C=O) groups is 1. The Morgan fingerprint density at radius 3 is 2.79 bits per heavy atom. The molecular formula is C10H15N3O. The van der Waals surface area contributed by atoms with E-state index in [0.717, 1.165) is 18.5 Å². The Morgan fingerprint density at radius 2 is 2.29 bits per heavy atom. The van der Waals surface area contributed by atoms with Crippen LogP contribution >= 0.6 is 0 Å². The quantitative estimate of drug-likeness (QED) is 0.754. The van der Waals surface area contributed by atoms with Crippen molar-refractivity contribution >= 4 is 11.7 Å². The minimum atomic E-state index is -0.425. The summed E-state index contributed by atoms with van der Waals surface area (Å²) in [7, 11) is 0. The van der Waals surface area contributed by atoms with E-state index in [2.05, 4.69) is 10.3 Å². The van der Waals surface area contributed by atoms with Gasteiger partial charge in [-0.3, -0.25) is 4.79 Å². The number of nitrogens with two attached hydrogens (primary N) is 1. The fraction of sp³-hybridized carbons (Fsp3) is 0.400. The first kappa shape index (κ1) is 10.5. The smallest absolute Gasteiger partial charge is 0.252 e. The molecule has 0 radical (unpaired) electrons. The number of pyridine rings is 1. The minimum absolute atomic E-state index is 0.425. The molecule has 0 fully saturated rings. The second-order valence-corrected chi connectivity index (χ2v) is 2.94. The Labute approximate surface area is 83.5 Å². The van der Waals surface area contributed by atoms with Gasteiger partial charge in [-0.15, -0.1) is 0 Å². The van der Waals surface area contributed by atoms with E-state index >= 15 is 0 Å². The highest BCUT2D eigenvalue weighted by Crippen LogP contribution is 2.16. The fourth-order valence-corrected chi connectivity index (χ4v) is 1.37. The molecule has 1 heterocycles. The Balaban J connectivity index is 3.20. The molecule has 4 nitrogen and oxygen atoms in total. The van der Waals surface area contributed by atoms with E-state index in [1.54, 1.807) is 6.20 Å². The Morgan fingerprint density at radius 1 is 1.57 bits per heavy atom. The Kier molecular flexibility index (Phi) is 3.45. The maximum atomic E-state index is 11.2. The number of nitrogens with one attached hydrogen (secondary N) is 1. The molecule has 0 saturated heterocycles. The molecule has 0 bridgehead atoms. The zero-order chi connectivity index (χ0) is 10.6. The highest BCUT2D eigenvalue weighted by atomic mass is 16.1. The minimum Gasteiger partial charge on any atom is -0.370 e. The molecule has 0 aliphatic carbocycles. The first-order valence-corrected chi connectivity index (χ1v) is 4.72. The zero-order valence-corrected chi connectivity index (χ0v) is 8.50. The molecule has 0 aliphatic heterocycles. The highest BCUT2D eigenvalue weighted by molar-refractivity contribution is 5.99. The summed E-state index contributed by atoms with van der Waals surface area (Å²) in [5.74, 6) is 0.158. The topological polar surface area (TPSA) is 68.0 Å². The molecule has 3 N–H and O–H groups in total. The standard InChI is InChI=1S/C10H15N3O/c1-3-7-5-6-13-10(12-4-2)8(7)9(11)14/h5-6H,3-4H2,1-2H3,(H2,11,14)(H,12,13). The monoisotopic (exact) mass is 193 g/mol. The van der Waals surface area contributed by atoms with Gasteiger partial charge < -0.3 is 11.1 Å². The number of amides is 1. The highest BCUT2D eigenvalue weighted by Gasteiger charge is 2.12. The molecule has 1 amide bonds. The summed E-state index contributed by atoms with van der Waals surface area (Å²) in [6.07, 6.45) is 2.46. The van der Waals surface area contributed by atoms with Crippen molar-refractivity contribution < 1.29 is 4.79 Å². The van der Waals surface area contributed by atoms with Crippen molar-refractivity contribution in [2.75, 3.05) is 11.9 Å². The van der Waals surface area contributed by atoms with E-state index in [1.165, 1.54) is 0 Å². The van der Waals surface area contributed by atoms with E-state index in [0.29, 0.717) is 11.4 Å². The molecule has 14 heavy (non-hydrogen) atoms. The Bertz CT molecular complexity index is 336. The number of hydrogen-bond donors (Lipinski definition) is 2. The van der Waals surface area contributed by atoms with E-state index < -0.39 is 5.91 Å².